The molecule has 0 radical (unpaired) electrons. The van der Waals surface area contributed by atoms with Crippen LogP contribution in [0.1, 0.15) is 187 Å². The van der Waals surface area contributed by atoms with Crippen molar-refractivity contribution in [2.75, 3.05) is 24.7 Å². The van der Waals surface area contributed by atoms with E-state index in [2.05, 4.69) is 236 Å². The maximum absolute atomic E-state index is 12.2. The molecule has 14 nitrogen and oxygen atoms in total. The summed E-state index contributed by atoms with van der Waals surface area (Å²) >= 11 is 2.21. The van der Waals surface area contributed by atoms with Crippen LogP contribution in [0.4, 0.5) is 0 Å². The maximum atomic E-state index is 12.2. The molecule has 0 aromatic heterocycles. The van der Waals surface area contributed by atoms with Gasteiger partial charge in [-0.25, -0.2) is 0 Å². The van der Waals surface area contributed by atoms with Gasteiger partial charge in [0.1, 0.15) is 24.4 Å². The fraction of sp³-hybridized carbons (Fsp3) is 0.984. The van der Waals surface area contributed by atoms with E-state index in [-0.39, 0.29) is 98.1 Å². The summed E-state index contributed by atoms with van der Waals surface area (Å²) in [7, 11) is -13.8. The molecule has 2 aliphatic heterocycles. The van der Waals surface area contributed by atoms with E-state index in [0.717, 1.165) is 24.9 Å². The van der Waals surface area contributed by atoms with Gasteiger partial charge >= 0.3 is 29.6 Å². The molecule has 2 saturated heterocycles. The van der Waals surface area contributed by atoms with Gasteiger partial charge in [-0.15, -0.1) is 0 Å². The van der Waals surface area contributed by atoms with Crippen LogP contribution >= 0.6 is 23.8 Å². The Balaban J connectivity index is -0.00000153. The van der Waals surface area contributed by atoms with Crippen molar-refractivity contribution in [2.45, 2.75) is 357 Å². The second-order valence-corrected chi connectivity index (χ2v) is 63.5. The predicted molar refractivity (Wildman–Crippen MR) is 372 cm³/mol. The number of carbonyl (C=O) groups is 1. The SMILES string of the molecule is C.C.CCC(C)COC1OC(CSC(C)=O)C(O[Si](C)(C)C(C)(C)C)C(O[Si](C)(C)C(C)(C)C)C1O[Si](C)(C)C(C)(C)C.CCC(C)COC1OC(CSOO[O-])C(O[Si](C)(C)C(C)(C)C)C(O[Si](C)(C)C(C)(C)C)C1O[Si](C)(C)C(C)(C)C.[Na+]. The fourth-order valence-electron chi connectivity index (χ4n) is 7.27. The number of hydrogen-bond acceptors (Lipinski definition) is 16. The van der Waals surface area contributed by atoms with Gasteiger partial charge in [-0.1, -0.05) is 192 Å². The van der Waals surface area contributed by atoms with Gasteiger partial charge < -0.3 is 50.8 Å². The third-order valence-corrected chi connectivity index (χ3v) is 48.2. The second kappa shape index (κ2) is 35.2. The Morgan fingerprint density at radius 2 is 0.682 bits per heavy atom. The van der Waals surface area contributed by atoms with Gasteiger partial charge in [0.25, 0.3) is 0 Å². The van der Waals surface area contributed by atoms with E-state index in [4.69, 9.17) is 49.8 Å². The molecular weight excluding hydrogens is 1220 g/mol. The molecule has 0 amide bonds. The Morgan fingerprint density at radius 3 is 0.906 bits per heavy atom. The summed E-state index contributed by atoms with van der Waals surface area (Å²) in [4.78, 5) is 12.2. The van der Waals surface area contributed by atoms with E-state index in [1.54, 1.807) is 6.92 Å². The zero-order chi connectivity index (χ0) is 64.6. The molecule has 12 unspecified atom stereocenters. The van der Waals surface area contributed by atoms with Crippen molar-refractivity contribution >= 4 is 78.8 Å². The Kier molecular flexibility index (Phi) is 37.9. The van der Waals surface area contributed by atoms with Crippen LogP contribution in [0.25, 0.3) is 0 Å². The molecule has 12 atom stereocenters. The van der Waals surface area contributed by atoms with Crippen molar-refractivity contribution in [2.24, 2.45) is 11.8 Å². The van der Waals surface area contributed by atoms with Gasteiger partial charge in [0.2, 0.25) is 0 Å². The van der Waals surface area contributed by atoms with Gasteiger partial charge in [-0.2, -0.15) is 4.33 Å². The molecule has 2 aliphatic rings. The average Bonchev–Trinajstić information content (AvgIpc) is 3.27. The Morgan fingerprint density at radius 1 is 0.447 bits per heavy atom. The van der Waals surface area contributed by atoms with E-state index in [1.807, 2.05) is 0 Å². The van der Waals surface area contributed by atoms with E-state index in [1.165, 1.54) is 11.8 Å². The first-order valence-corrected chi connectivity index (χ1v) is 50.1. The normalized spacial score (nSPS) is 25.4. The first-order chi connectivity index (χ1) is 36.5. The number of carbonyl (C=O) groups excluding carboxylic acids is 1. The average molecular weight is 1360 g/mol. The summed E-state index contributed by atoms with van der Waals surface area (Å²) in [6, 6.07) is 0. The summed E-state index contributed by atoms with van der Waals surface area (Å²) in [6.45, 7) is 79.2. The molecule has 2 fully saturated rings. The quantitative estimate of drug-likeness (QED) is 0.0265. The molecule has 2 heterocycles. The van der Waals surface area contributed by atoms with Gasteiger partial charge in [-0.05, 0) is 121 Å². The summed E-state index contributed by atoms with van der Waals surface area (Å²) in [6.07, 6.45) is -2.67. The van der Waals surface area contributed by atoms with E-state index in [9.17, 15) is 10.1 Å². The first-order valence-electron chi connectivity index (χ1n) is 30.8. The zero-order valence-electron chi connectivity index (χ0n) is 60.2. The molecule has 0 spiro atoms. The van der Waals surface area contributed by atoms with Crippen molar-refractivity contribution in [1.29, 1.82) is 0 Å². The smallest absolute Gasteiger partial charge is 0.691 e. The van der Waals surface area contributed by atoms with Crippen molar-refractivity contribution in [3.05, 3.63) is 0 Å². The van der Waals surface area contributed by atoms with Crippen molar-refractivity contribution in [3.63, 3.8) is 0 Å². The zero-order valence-corrected chi connectivity index (χ0v) is 69.8. The molecule has 0 aliphatic carbocycles. The minimum absolute atomic E-state index is 0. The molecule has 0 aromatic rings. The molecule has 506 valence electrons. The van der Waals surface area contributed by atoms with Gasteiger partial charge in [0, 0.05) is 24.7 Å². The van der Waals surface area contributed by atoms with Crippen LogP contribution in [0.2, 0.25) is 109 Å². The molecule has 0 saturated carbocycles. The Labute approximate surface area is 562 Å². The Bertz CT molecular complexity index is 1910. The van der Waals surface area contributed by atoms with E-state index in [0.29, 0.717) is 36.6 Å². The van der Waals surface area contributed by atoms with Crippen LogP contribution in [0.5, 0.6) is 0 Å². The van der Waals surface area contributed by atoms with Crippen molar-refractivity contribution < 1.29 is 94.5 Å². The van der Waals surface area contributed by atoms with Crippen LogP contribution in [0, 0.1) is 11.8 Å². The topological polar surface area (TPSA) is 151 Å². The van der Waals surface area contributed by atoms with Crippen LogP contribution in [0.15, 0.2) is 0 Å². The maximum Gasteiger partial charge on any atom is 1.00 e. The number of ether oxygens (including phenoxy) is 4. The Hall–Kier alpha value is 2.15. The molecule has 0 aromatic carbocycles. The van der Waals surface area contributed by atoms with Crippen LogP contribution in [-0.2, 0) is 59.7 Å². The molecule has 23 heteroatoms. The minimum atomic E-state index is -2.32. The summed E-state index contributed by atoms with van der Waals surface area (Å²) in [5, 5.41) is 14.3. The van der Waals surface area contributed by atoms with Crippen LogP contribution < -0.4 is 34.8 Å². The third-order valence-electron chi connectivity index (χ3n) is 19.8. The van der Waals surface area contributed by atoms with Gasteiger partial charge in [0.05, 0.1) is 43.4 Å². The van der Waals surface area contributed by atoms with Gasteiger partial charge in [-0.3, -0.25) is 9.83 Å². The van der Waals surface area contributed by atoms with Crippen molar-refractivity contribution in [3.8, 4) is 0 Å². The molecule has 85 heavy (non-hydrogen) atoms. The molecule has 2 rings (SSSR count). The van der Waals surface area contributed by atoms with Crippen molar-refractivity contribution in [1.82, 2.24) is 0 Å². The standard InChI is InChI=1S/C31H66O6SSi3.C29H64O8SSi3.2CH4.Na/c1-19-22(2)20-33-28-27(37-41(17,18)31(10,11)12)26(36-40(15,16)30(7,8)9)25(24(34-28)21-38-23(3)32)35-39(13,14)29(4,5)6;1-18-21(2)19-31-26-25(35-41(16,17)29(9,10)11)24(34-40(14,15)28(6,7)8)23(22(32-26)20-38-37-36-30)33-39(12,13)27(3,4)5;;;/h22,24-28H,19-21H2,1-18H3;21-26,30H,18-20H2,1-17H3;2*1H4;/q;;;;+1/p-1. The predicted octanol–water partition coefficient (Wildman–Crippen LogP) is 15.3. The molecular formula is C62H137NaO14S2Si6. The first kappa shape index (κ1) is 91.3. The second-order valence-electron chi connectivity index (χ2n) is 33.1. The summed E-state index contributed by atoms with van der Waals surface area (Å²) < 4.78 is 75.0. The largest absolute Gasteiger partial charge is 1.00 e. The minimum Gasteiger partial charge on any atom is -0.691 e. The summed E-state index contributed by atoms with van der Waals surface area (Å²) in [5.74, 6) is 1.55. The fourth-order valence-corrected chi connectivity index (χ4v) is 16.2. The van der Waals surface area contributed by atoms with Crippen LogP contribution in [0.3, 0.4) is 0 Å². The van der Waals surface area contributed by atoms with E-state index < -0.39 is 93.0 Å². The number of thioether (sulfide) groups is 1. The monoisotopic (exact) mass is 1360 g/mol. The summed E-state index contributed by atoms with van der Waals surface area (Å²) in [5.41, 5.74) is 0. The number of hydrogen-bond donors (Lipinski definition) is 0. The molecule has 0 bridgehead atoms. The molecule has 0 N–H and O–H groups in total. The van der Waals surface area contributed by atoms with Crippen LogP contribution in [-0.4, -0.2) is 141 Å². The number of rotatable bonds is 26. The van der Waals surface area contributed by atoms with E-state index >= 15 is 0 Å². The third kappa shape index (κ3) is 27.1. The van der Waals surface area contributed by atoms with Gasteiger partial charge in [0.15, 0.2) is 67.6 Å².